The Morgan fingerprint density at radius 2 is 1.87 bits per heavy atom. The molecule has 0 unspecified atom stereocenters. The third kappa shape index (κ3) is 3.41. The number of terminal acetylenes is 1. The van der Waals surface area contributed by atoms with E-state index >= 15 is 0 Å². The molecule has 15 heavy (non-hydrogen) atoms. The summed E-state index contributed by atoms with van der Waals surface area (Å²) in [5, 5.41) is 0. The Morgan fingerprint density at radius 3 is 2.40 bits per heavy atom. The summed E-state index contributed by atoms with van der Waals surface area (Å²) in [6, 6.07) is 6.88. The second-order valence-electron chi connectivity index (χ2n) is 3.44. The highest BCUT2D eigenvalue weighted by Gasteiger charge is 2.12. The zero-order chi connectivity index (χ0) is 11.3. The Bertz CT molecular complexity index is 449. The van der Waals surface area contributed by atoms with Crippen molar-refractivity contribution in [2.75, 3.05) is 5.75 Å². The molecule has 0 heterocycles. The SMILES string of the molecule is C#CCCCS(=O)(=O)c1ccc(C)cc1. The van der Waals surface area contributed by atoms with Crippen LogP contribution in [0, 0.1) is 19.3 Å². The Balaban J connectivity index is 2.79. The van der Waals surface area contributed by atoms with Gasteiger partial charge in [-0.05, 0) is 25.5 Å². The molecule has 0 saturated carbocycles. The fourth-order valence-electron chi connectivity index (χ4n) is 1.23. The Labute approximate surface area is 91.2 Å². The monoisotopic (exact) mass is 222 g/mol. The smallest absolute Gasteiger partial charge is 0.178 e. The molecule has 0 aliphatic heterocycles. The fraction of sp³-hybridized carbons (Fsp3) is 0.333. The predicted molar refractivity (Wildman–Crippen MR) is 61.3 cm³/mol. The molecule has 0 spiro atoms. The fourth-order valence-corrected chi connectivity index (χ4v) is 2.54. The molecule has 1 rings (SSSR count). The maximum Gasteiger partial charge on any atom is 0.178 e. The summed E-state index contributed by atoms with van der Waals surface area (Å²) in [4.78, 5) is 0.380. The van der Waals surface area contributed by atoms with Crippen LogP contribution in [0.3, 0.4) is 0 Å². The van der Waals surface area contributed by atoms with Crippen LogP contribution >= 0.6 is 0 Å². The van der Waals surface area contributed by atoms with Gasteiger partial charge < -0.3 is 0 Å². The van der Waals surface area contributed by atoms with Crippen LogP contribution in [0.1, 0.15) is 18.4 Å². The van der Waals surface area contributed by atoms with E-state index in [0.717, 1.165) is 5.56 Å². The van der Waals surface area contributed by atoms with Crippen LogP contribution in [0.4, 0.5) is 0 Å². The molecule has 0 fully saturated rings. The molecule has 0 aliphatic carbocycles. The van der Waals surface area contributed by atoms with Gasteiger partial charge in [0.25, 0.3) is 0 Å². The molecule has 2 nitrogen and oxygen atoms in total. The van der Waals surface area contributed by atoms with Crippen LogP contribution in [0.2, 0.25) is 0 Å². The largest absolute Gasteiger partial charge is 0.224 e. The van der Waals surface area contributed by atoms with Crippen molar-refractivity contribution in [2.24, 2.45) is 0 Å². The molecule has 0 radical (unpaired) electrons. The molecule has 3 heteroatoms. The van der Waals surface area contributed by atoms with Crippen molar-refractivity contribution in [2.45, 2.75) is 24.7 Å². The topological polar surface area (TPSA) is 34.1 Å². The third-order valence-electron chi connectivity index (χ3n) is 2.11. The van der Waals surface area contributed by atoms with Crippen molar-refractivity contribution in [3.63, 3.8) is 0 Å². The average Bonchev–Trinajstić information content (AvgIpc) is 2.18. The summed E-state index contributed by atoms with van der Waals surface area (Å²) >= 11 is 0. The molecule has 0 bridgehead atoms. The summed E-state index contributed by atoms with van der Waals surface area (Å²) in [5.74, 6) is 2.56. The van der Waals surface area contributed by atoms with Gasteiger partial charge in [0.05, 0.1) is 10.6 Å². The van der Waals surface area contributed by atoms with Gasteiger partial charge in [0.1, 0.15) is 0 Å². The van der Waals surface area contributed by atoms with Crippen molar-refractivity contribution in [1.29, 1.82) is 0 Å². The summed E-state index contributed by atoms with van der Waals surface area (Å²) < 4.78 is 23.5. The standard InChI is InChI=1S/C12H14O2S/c1-3-4-5-10-15(13,14)12-8-6-11(2)7-9-12/h1,6-9H,4-5,10H2,2H3. The highest BCUT2D eigenvalue weighted by Crippen LogP contribution is 2.13. The maximum absolute atomic E-state index is 11.7. The summed E-state index contributed by atoms with van der Waals surface area (Å²) in [5.41, 5.74) is 1.05. The van der Waals surface area contributed by atoms with Crippen LogP contribution < -0.4 is 0 Å². The van der Waals surface area contributed by atoms with E-state index < -0.39 is 9.84 Å². The summed E-state index contributed by atoms with van der Waals surface area (Å²) in [7, 11) is -3.14. The quantitative estimate of drug-likeness (QED) is 0.578. The lowest BCUT2D eigenvalue weighted by molar-refractivity contribution is 0.594. The second kappa shape index (κ2) is 4.99. The van der Waals surface area contributed by atoms with Gasteiger partial charge in [-0.2, -0.15) is 0 Å². The lowest BCUT2D eigenvalue weighted by Crippen LogP contribution is -2.06. The van der Waals surface area contributed by atoms with E-state index in [1.54, 1.807) is 24.3 Å². The molecule has 0 aliphatic rings. The zero-order valence-corrected chi connectivity index (χ0v) is 9.55. The molecule has 0 atom stereocenters. The molecular formula is C12H14O2S. The van der Waals surface area contributed by atoms with Crippen molar-refractivity contribution in [3.05, 3.63) is 29.8 Å². The van der Waals surface area contributed by atoms with Crippen molar-refractivity contribution in [3.8, 4) is 12.3 Å². The van der Waals surface area contributed by atoms with E-state index in [4.69, 9.17) is 6.42 Å². The minimum Gasteiger partial charge on any atom is -0.224 e. The average molecular weight is 222 g/mol. The van der Waals surface area contributed by atoms with Gasteiger partial charge in [-0.25, -0.2) is 8.42 Å². The number of hydrogen-bond acceptors (Lipinski definition) is 2. The molecule has 80 valence electrons. The van der Waals surface area contributed by atoms with Gasteiger partial charge in [-0.3, -0.25) is 0 Å². The van der Waals surface area contributed by atoms with Crippen LogP contribution in [0.15, 0.2) is 29.2 Å². The highest BCUT2D eigenvalue weighted by atomic mass is 32.2. The van der Waals surface area contributed by atoms with E-state index in [0.29, 0.717) is 17.7 Å². The van der Waals surface area contributed by atoms with Crippen LogP contribution in [0.25, 0.3) is 0 Å². The van der Waals surface area contributed by atoms with Crippen LogP contribution in [-0.2, 0) is 9.84 Å². The van der Waals surface area contributed by atoms with Crippen molar-refractivity contribution in [1.82, 2.24) is 0 Å². The maximum atomic E-state index is 11.7. The van der Waals surface area contributed by atoms with E-state index in [9.17, 15) is 8.42 Å². The molecule has 0 saturated heterocycles. The molecular weight excluding hydrogens is 208 g/mol. The minimum atomic E-state index is -3.14. The highest BCUT2D eigenvalue weighted by molar-refractivity contribution is 7.91. The van der Waals surface area contributed by atoms with Crippen LogP contribution in [0.5, 0.6) is 0 Å². The number of unbranched alkanes of at least 4 members (excludes halogenated alkanes) is 1. The molecule has 1 aromatic carbocycles. The summed E-state index contributed by atoms with van der Waals surface area (Å²) in [6.45, 7) is 1.93. The Hall–Kier alpha value is -1.27. The van der Waals surface area contributed by atoms with E-state index in [-0.39, 0.29) is 5.75 Å². The second-order valence-corrected chi connectivity index (χ2v) is 5.55. The number of hydrogen-bond donors (Lipinski definition) is 0. The Morgan fingerprint density at radius 1 is 1.27 bits per heavy atom. The first-order chi connectivity index (χ1) is 7.06. The van der Waals surface area contributed by atoms with Gasteiger partial charge in [0.15, 0.2) is 9.84 Å². The molecule has 0 aromatic heterocycles. The van der Waals surface area contributed by atoms with E-state index in [1.165, 1.54) is 0 Å². The first-order valence-electron chi connectivity index (χ1n) is 4.79. The van der Waals surface area contributed by atoms with Crippen LogP contribution in [-0.4, -0.2) is 14.2 Å². The summed E-state index contributed by atoms with van der Waals surface area (Å²) in [6.07, 6.45) is 6.10. The number of benzene rings is 1. The lowest BCUT2D eigenvalue weighted by atomic mass is 10.2. The van der Waals surface area contributed by atoms with Gasteiger partial charge >= 0.3 is 0 Å². The molecule has 0 N–H and O–H groups in total. The normalized spacial score (nSPS) is 10.9. The first kappa shape index (κ1) is 11.8. The first-order valence-corrected chi connectivity index (χ1v) is 6.44. The Kier molecular flexibility index (Phi) is 3.93. The lowest BCUT2D eigenvalue weighted by Gasteiger charge is -2.03. The number of rotatable bonds is 4. The van der Waals surface area contributed by atoms with Gasteiger partial charge in [-0.15, -0.1) is 12.3 Å². The van der Waals surface area contributed by atoms with Gasteiger partial charge in [0, 0.05) is 6.42 Å². The van der Waals surface area contributed by atoms with Gasteiger partial charge in [0.2, 0.25) is 0 Å². The zero-order valence-electron chi connectivity index (χ0n) is 8.73. The number of sulfone groups is 1. The van der Waals surface area contributed by atoms with Crippen molar-refractivity contribution < 1.29 is 8.42 Å². The predicted octanol–water partition coefficient (Wildman–Crippen LogP) is 2.18. The third-order valence-corrected chi connectivity index (χ3v) is 3.93. The van der Waals surface area contributed by atoms with Crippen molar-refractivity contribution >= 4 is 9.84 Å². The van der Waals surface area contributed by atoms with E-state index in [2.05, 4.69) is 5.92 Å². The van der Waals surface area contributed by atoms with Gasteiger partial charge in [-0.1, -0.05) is 17.7 Å². The van der Waals surface area contributed by atoms with E-state index in [1.807, 2.05) is 6.92 Å². The molecule has 1 aromatic rings. The minimum absolute atomic E-state index is 0.125. The molecule has 0 amide bonds. The number of aryl methyl sites for hydroxylation is 1.